The lowest BCUT2D eigenvalue weighted by molar-refractivity contribution is 0.0593. The molecule has 0 bridgehead atoms. The van der Waals surface area contributed by atoms with E-state index in [4.69, 9.17) is 0 Å². The molecule has 3 rings (SSSR count). The molecule has 3 heterocycles. The third-order valence-electron chi connectivity index (χ3n) is 4.87. The first-order valence-electron chi connectivity index (χ1n) is 8.36. The molecule has 1 saturated heterocycles. The number of carbonyl (C=O) groups is 1. The highest BCUT2D eigenvalue weighted by atomic mass is 16.2. The number of likely N-dealkylation sites (tertiary alicyclic amines) is 1. The van der Waals surface area contributed by atoms with Crippen molar-refractivity contribution in [1.82, 2.24) is 24.2 Å². The molecule has 1 amide bonds. The Labute approximate surface area is 137 Å². The van der Waals surface area contributed by atoms with Crippen molar-refractivity contribution < 1.29 is 4.79 Å². The smallest absolute Gasteiger partial charge is 0.258 e. The molecule has 0 N–H and O–H groups in total. The molecule has 0 aromatic carbocycles. The Kier molecular flexibility index (Phi) is 4.24. The van der Waals surface area contributed by atoms with Gasteiger partial charge >= 0.3 is 0 Å². The first kappa shape index (κ1) is 15.8. The summed E-state index contributed by atoms with van der Waals surface area (Å²) >= 11 is 0. The van der Waals surface area contributed by atoms with Crippen LogP contribution in [0.25, 0.3) is 0 Å². The van der Waals surface area contributed by atoms with E-state index in [1.807, 2.05) is 38.2 Å². The highest BCUT2D eigenvalue weighted by Gasteiger charge is 2.33. The predicted molar refractivity (Wildman–Crippen MR) is 88.2 cm³/mol. The number of imidazole rings is 1. The van der Waals surface area contributed by atoms with Gasteiger partial charge < -0.3 is 9.47 Å². The quantitative estimate of drug-likeness (QED) is 0.875. The number of hydrogen-bond acceptors (Lipinski definition) is 3. The van der Waals surface area contributed by atoms with E-state index in [1.54, 1.807) is 4.68 Å². The number of hydrogen-bond donors (Lipinski definition) is 0. The van der Waals surface area contributed by atoms with E-state index in [0.717, 1.165) is 55.1 Å². The average molecular weight is 315 g/mol. The summed E-state index contributed by atoms with van der Waals surface area (Å²) in [7, 11) is 1.89. The maximum absolute atomic E-state index is 13.2. The Balaban J connectivity index is 1.97. The fourth-order valence-electron chi connectivity index (χ4n) is 3.56. The van der Waals surface area contributed by atoms with Gasteiger partial charge in [-0.3, -0.25) is 9.48 Å². The molecule has 0 unspecified atom stereocenters. The summed E-state index contributed by atoms with van der Waals surface area (Å²) in [6, 6.07) is 0.0604. The Morgan fingerprint density at radius 3 is 2.78 bits per heavy atom. The third-order valence-corrected chi connectivity index (χ3v) is 4.87. The van der Waals surface area contributed by atoms with Gasteiger partial charge in [-0.2, -0.15) is 5.10 Å². The second kappa shape index (κ2) is 6.18. The van der Waals surface area contributed by atoms with Crippen LogP contribution in [0.5, 0.6) is 0 Å². The Morgan fingerprint density at radius 1 is 1.35 bits per heavy atom. The van der Waals surface area contributed by atoms with E-state index in [2.05, 4.69) is 21.6 Å². The van der Waals surface area contributed by atoms with Crippen molar-refractivity contribution in [3.05, 3.63) is 35.2 Å². The predicted octanol–water partition coefficient (Wildman–Crippen LogP) is 2.62. The zero-order valence-electron chi connectivity index (χ0n) is 14.4. The van der Waals surface area contributed by atoms with E-state index in [1.165, 1.54) is 0 Å². The fraction of sp³-hybridized carbons (Fsp3) is 0.588. The van der Waals surface area contributed by atoms with E-state index in [0.29, 0.717) is 0 Å². The van der Waals surface area contributed by atoms with Crippen LogP contribution in [0.15, 0.2) is 12.4 Å². The van der Waals surface area contributed by atoms with Crippen LogP contribution < -0.4 is 0 Å². The van der Waals surface area contributed by atoms with Crippen molar-refractivity contribution >= 4 is 5.91 Å². The van der Waals surface area contributed by atoms with Gasteiger partial charge in [0.2, 0.25) is 0 Å². The number of nitrogens with zero attached hydrogens (tertiary/aromatic N) is 5. The fourth-order valence-corrected chi connectivity index (χ4v) is 3.56. The summed E-state index contributed by atoms with van der Waals surface area (Å²) in [4.78, 5) is 19.7. The SMILES string of the molecule is CCn1ccnc1[C@@H]1CCCCN1C(=O)c1c(C)nn(C)c1C. The summed E-state index contributed by atoms with van der Waals surface area (Å²) in [5.41, 5.74) is 2.47. The minimum absolute atomic E-state index is 0.0604. The summed E-state index contributed by atoms with van der Waals surface area (Å²) in [5.74, 6) is 1.09. The summed E-state index contributed by atoms with van der Waals surface area (Å²) in [5, 5.41) is 4.40. The largest absolute Gasteiger partial charge is 0.333 e. The van der Waals surface area contributed by atoms with Crippen molar-refractivity contribution in [2.45, 2.75) is 52.6 Å². The topological polar surface area (TPSA) is 56.0 Å². The van der Waals surface area contributed by atoms with E-state index < -0.39 is 0 Å². The molecule has 6 nitrogen and oxygen atoms in total. The van der Waals surface area contributed by atoms with Crippen molar-refractivity contribution in [2.24, 2.45) is 7.05 Å². The normalized spacial score (nSPS) is 18.4. The first-order chi connectivity index (χ1) is 11.0. The molecule has 0 aliphatic carbocycles. The zero-order chi connectivity index (χ0) is 16.6. The average Bonchev–Trinajstić information content (AvgIpc) is 3.11. The van der Waals surface area contributed by atoms with Crippen LogP contribution in [-0.2, 0) is 13.6 Å². The van der Waals surface area contributed by atoms with Gasteiger partial charge in [0, 0.05) is 38.2 Å². The number of aromatic nitrogens is 4. The second-order valence-corrected chi connectivity index (χ2v) is 6.25. The maximum atomic E-state index is 13.2. The standard InChI is InChI=1S/C17H25N5O/c1-5-21-11-9-18-16(21)14-8-6-7-10-22(14)17(23)15-12(2)19-20(4)13(15)3/h9,11,14H,5-8,10H2,1-4H3/t14-/m0/s1. The minimum Gasteiger partial charge on any atom is -0.333 e. The minimum atomic E-state index is 0.0604. The van der Waals surface area contributed by atoms with Crippen LogP contribution >= 0.6 is 0 Å². The second-order valence-electron chi connectivity index (χ2n) is 6.25. The van der Waals surface area contributed by atoms with Gasteiger partial charge in [0.1, 0.15) is 5.82 Å². The molecule has 124 valence electrons. The van der Waals surface area contributed by atoms with Crippen molar-refractivity contribution in [3.8, 4) is 0 Å². The molecule has 2 aromatic heterocycles. The summed E-state index contributed by atoms with van der Waals surface area (Å²) in [6.45, 7) is 7.63. The third kappa shape index (κ3) is 2.66. The van der Waals surface area contributed by atoms with E-state index in [-0.39, 0.29) is 11.9 Å². The van der Waals surface area contributed by atoms with Crippen LogP contribution in [0.3, 0.4) is 0 Å². The van der Waals surface area contributed by atoms with Gasteiger partial charge in [-0.15, -0.1) is 0 Å². The lowest BCUT2D eigenvalue weighted by Gasteiger charge is -2.35. The van der Waals surface area contributed by atoms with Gasteiger partial charge in [0.25, 0.3) is 5.91 Å². The van der Waals surface area contributed by atoms with Crippen molar-refractivity contribution in [1.29, 1.82) is 0 Å². The summed E-state index contributed by atoms with van der Waals surface area (Å²) in [6.07, 6.45) is 6.98. The Morgan fingerprint density at radius 2 is 2.13 bits per heavy atom. The lowest BCUT2D eigenvalue weighted by atomic mass is 9.99. The van der Waals surface area contributed by atoms with Gasteiger partial charge in [-0.1, -0.05) is 0 Å². The number of amides is 1. The van der Waals surface area contributed by atoms with Crippen LogP contribution in [0.2, 0.25) is 0 Å². The Bertz CT molecular complexity index is 715. The highest BCUT2D eigenvalue weighted by Crippen LogP contribution is 2.32. The van der Waals surface area contributed by atoms with Crippen LogP contribution in [-0.4, -0.2) is 36.7 Å². The molecule has 0 saturated carbocycles. The van der Waals surface area contributed by atoms with Crippen LogP contribution in [0.4, 0.5) is 0 Å². The molecule has 1 aliphatic rings. The molecular formula is C17H25N5O. The Hall–Kier alpha value is -2.11. The van der Waals surface area contributed by atoms with E-state index in [9.17, 15) is 4.79 Å². The van der Waals surface area contributed by atoms with Gasteiger partial charge in [-0.05, 0) is 40.0 Å². The molecule has 1 aliphatic heterocycles. The molecule has 23 heavy (non-hydrogen) atoms. The highest BCUT2D eigenvalue weighted by molar-refractivity contribution is 5.96. The number of rotatable bonds is 3. The monoisotopic (exact) mass is 315 g/mol. The van der Waals surface area contributed by atoms with Crippen molar-refractivity contribution in [2.75, 3.05) is 6.54 Å². The maximum Gasteiger partial charge on any atom is 0.258 e. The zero-order valence-corrected chi connectivity index (χ0v) is 14.4. The molecule has 2 aromatic rings. The number of carbonyl (C=O) groups excluding carboxylic acids is 1. The lowest BCUT2D eigenvalue weighted by Crippen LogP contribution is -2.40. The van der Waals surface area contributed by atoms with Gasteiger partial charge in [0.05, 0.1) is 17.3 Å². The van der Waals surface area contributed by atoms with Gasteiger partial charge in [-0.25, -0.2) is 4.98 Å². The number of piperidine rings is 1. The number of aryl methyl sites for hydroxylation is 3. The van der Waals surface area contributed by atoms with Crippen LogP contribution in [0, 0.1) is 13.8 Å². The molecule has 1 fully saturated rings. The molecule has 6 heteroatoms. The van der Waals surface area contributed by atoms with Crippen LogP contribution in [0.1, 0.15) is 59.8 Å². The van der Waals surface area contributed by atoms with Gasteiger partial charge in [0.15, 0.2) is 0 Å². The van der Waals surface area contributed by atoms with E-state index >= 15 is 0 Å². The van der Waals surface area contributed by atoms with Crippen molar-refractivity contribution in [3.63, 3.8) is 0 Å². The molecular weight excluding hydrogens is 290 g/mol. The molecule has 0 spiro atoms. The summed E-state index contributed by atoms with van der Waals surface area (Å²) < 4.78 is 3.92. The molecule has 1 atom stereocenters. The molecule has 0 radical (unpaired) electrons. The first-order valence-corrected chi connectivity index (χ1v) is 8.36.